The SMILES string of the molecule is O=C(Cn1cc(C(F)(F)F)ccc1=O)N1CCC(C(F)(F)F)(C(F)(F)F)C1. The van der Waals surface area contributed by atoms with Gasteiger partial charge in [0.25, 0.3) is 5.56 Å². The van der Waals surface area contributed by atoms with Crippen molar-refractivity contribution < 1.29 is 44.3 Å². The number of amides is 1. The van der Waals surface area contributed by atoms with Crippen molar-refractivity contribution in [1.29, 1.82) is 0 Å². The molecule has 1 amide bonds. The van der Waals surface area contributed by atoms with Gasteiger partial charge >= 0.3 is 18.5 Å². The fraction of sp³-hybridized carbons (Fsp3) is 0.571. The highest BCUT2D eigenvalue weighted by Crippen LogP contribution is 2.55. The van der Waals surface area contributed by atoms with Crippen molar-refractivity contribution in [3.8, 4) is 0 Å². The minimum absolute atomic E-state index is 0.244. The Morgan fingerprint density at radius 2 is 1.56 bits per heavy atom. The lowest BCUT2D eigenvalue weighted by Gasteiger charge is -2.33. The zero-order valence-corrected chi connectivity index (χ0v) is 13.2. The van der Waals surface area contributed by atoms with Crippen LogP contribution in [-0.4, -0.2) is 40.8 Å². The fourth-order valence-electron chi connectivity index (χ4n) is 2.71. The Morgan fingerprint density at radius 1 is 1.00 bits per heavy atom. The Hall–Kier alpha value is -2.21. The lowest BCUT2D eigenvalue weighted by molar-refractivity contribution is -0.334. The van der Waals surface area contributed by atoms with Gasteiger partial charge in [-0.25, -0.2) is 0 Å². The second-order valence-corrected chi connectivity index (χ2v) is 6.02. The monoisotopic (exact) mass is 410 g/mol. The van der Waals surface area contributed by atoms with Crippen LogP contribution in [0.3, 0.4) is 0 Å². The molecule has 0 radical (unpaired) electrons. The predicted molar refractivity (Wildman–Crippen MR) is 71.4 cm³/mol. The van der Waals surface area contributed by atoms with Gasteiger partial charge in [-0.2, -0.15) is 39.5 Å². The second kappa shape index (κ2) is 6.44. The van der Waals surface area contributed by atoms with Crippen LogP contribution in [-0.2, 0) is 17.5 Å². The number of halogens is 9. The summed E-state index contributed by atoms with van der Waals surface area (Å²) in [7, 11) is 0. The van der Waals surface area contributed by atoms with Crippen LogP contribution in [0, 0.1) is 5.41 Å². The number of likely N-dealkylation sites (tertiary alicyclic amines) is 1. The normalized spacial score (nSPS) is 18.0. The first-order valence-electron chi connectivity index (χ1n) is 7.27. The van der Waals surface area contributed by atoms with Gasteiger partial charge in [0.15, 0.2) is 5.41 Å². The molecule has 0 N–H and O–H groups in total. The summed E-state index contributed by atoms with van der Waals surface area (Å²) in [6.45, 7) is -3.73. The number of carbonyl (C=O) groups is 1. The molecule has 0 atom stereocenters. The molecule has 0 unspecified atom stereocenters. The number of hydrogen-bond acceptors (Lipinski definition) is 2. The highest BCUT2D eigenvalue weighted by Gasteiger charge is 2.72. The van der Waals surface area contributed by atoms with Gasteiger partial charge in [-0.3, -0.25) is 9.59 Å². The van der Waals surface area contributed by atoms with Crippen LogP contribution in [0.5, 0.6) is 0 Å². The van der Waals surface area contributed by atoms with Crippen LogP contribution in [0.2, 0.25) is 0 Å². The molecule has 0 aliphatic carbocycles. The molecule has 0 aromatic carbocycles. The van der Waals surface area contributed by atoms with Crippen molar-refractivity contribution in [1.82, 2.24) is 9.47 Å². The van der Waals surface area contributed by atoms with E-state index in [1.807, 2.05) is 0 Å². The van der Waals surface area contributed by atoms with Crippen molar-refractivity contribution in [3.63, 3.8) is 0 Å². The van der Waals surface area contributed by atoms with Crippen molar-refractivity contribution >= 4 is 5.91 Å². The van der Waals surface area contributed by atoms with Crippen LogP contribution in [0.25, 0.3) is 0 Å². The Balaban J connectivity index is 2.25. The Bertz CT molecular complexity index is 763. The summed E-state index contributed by atoms with van der Waals surface area (Å²) in [4.78, 5) is 23.8. The fourth-order valence-corrected chi connectivity index (χ4v) is 2.71. The molecule has 0 saturated carbocycles. The standard InChI is InChI=1S/C14H11F9N2O2/c15-12(16,17)8-1-2-9(26)25(5-8)6-10(27)24-4-3-11(7-24,13(18,19)20)14(21,22)23/h1-2,5H,3-4,6-7H2. The van der Waals surface area contributed by atoms with Crippen molar-refractivity contribution in [2.24, 2.45) is 5.41 Å². The summed E-state index contributed by atoms with van der Waals surface area (Å²) in [5, 5.41) is 0. The first-order chi connectivity index (χ1) is 12.1. The minimum Gasteiger partial charge on any atom is -0.340 e. The van der Waals surface area contributed by atoms with E-state index >= 15 is 0 Å². The van der Waals surface area contributed by atoms with E-state index in [0.29, 0.717) is 12.1 Å². The van der Waals surface area contributed by atoms with Gasteiger partial charge in [0.2, 0.25) is 5.91 Å². The van der Waals surface area contributed by atoms with Crippen molar-refractivity contribution in [2.75, 3.05) is 13.1 Å². The Labute approximate surface area is 145 Å². The van der Waals surface area contributed by atoms with Gasteiger partial charge in [0, 0.05) is 25.4 Å². The maximum absolute atomic E-state index is 13.0. The van der Waals surface area contributed by atoms with Crippen LogP contribution in [0.4, 0.5) is 39.5 Å². The van der Waals surface area contributed by atoms with Gasteiger partial charge < -0.3 is 9.47 Å². The molecule has 4 nitrogen and oxygen atoms in total. The van der Waals surface area contributed by atoms with Gasteiger partial charge in [-0.05, 0) is 12.5 Å². The highest BCUT2D eigenvalue weighted by atomic mass is 19.4. The van der Waals surface area contributed by atoms with Gasteiger partial charge in [0.1, 0.15) is 6.54 Å². The zero-order chi connectivity index (χ0) is 20.8. The number of aromatic nitrogens is 1. The lowest BCUT2D eigenvalue weighted by atomic mass is 9.85. The number of hydrogen-bond donors (Lipinski definition) is 0. The van der Waals surface area contributed by atoms with E-state index in [1.54, 1.807) is 0 Å². The molecule has 1 fully saturated rings. The molecule has 1 aliphatic heterocycles. The first kappa shape index (κ1) is 21.1. The largest absolute Gasteiger partial charge is 0.417 e. The maximum atomic E-state index is 13.0. The molecule has 2 heterocycles. The second-order valence-electron chi connectivity index (χ2n) is 6.02. The summed E-state index contributed by atoms with van der Waals surface area (Å²) in [5.74, 6) is -1.33. The molecule has 0 bridgehead atoms. The third kappa shape index (κ3) is 3.90. The summed E-state index contributed by atoms with van der Waals surface area (Å²) in [5.41, 5.74) is -6.47. The molecular formula is C14H11F9N2O2. The van der Waals surface area contributed by atoms with E-state index < -0.39 is 67.0 Å². The van der Waals surface area contributed by atoms with E-state index in [0.717, 1.165) is 0 Å². The first-order valence-corrected chi connectivity index (χ1v) is 7.27. The molecule has 0 spiro atoms. The molecule has 1 aliphatic rings. The maximum Gasteiger partial charge on any atom is 0.417 e. The van der Waals surface area contributed by atoms with E-state index in [-0.39, 0.29) is 15.7 Å². The number of rotatable bonds is 2. The highest BCUT2D eigenvalue weighted by molar-refractivity contribution is 5.76. The lowest BCUT2D eigenvalue weighted by Crippen LogP contribution is -2.52. The van der Waals surface area contributed by atoms with E-state index in [2.05, 4.69) is 0 Å². The van der Waals surface area contributed by atoms with E-state index in [1.165, 1.54) is 0 Å². The predicted octanol–water partition coefficient (Wildman–Crippen LogP) is 3.21. The van der Waals surface area contributed by atoms with Crippen LogP contribution >= 0.6 is 0 Å². The van der Waals surface area contributed by atoms with Crippen LogP contribution < -0.4 is 5.56 Å². The molecule has 1 saturated heterocycles. The number of nitrogens with zero attached hydrogens (tertiary/aromatic N) is 2. The van der Waals surface area contributed by atoms with Gasteiger partial charge in [-0.15, -0.1) is 0 Å². The van der Waals surface area contributed by atoms with Crippen molar-refractivity contribution in [3.05, 3.63) is 34.2 Å². The minimum atomic E-state index is -5.67. The average Bonchev–Trinajstić information content (AvgIpc) is 2.94. The summed E-state index contributed by atoms with van der Waals surface area (Å²) >= 11 is 0. The third-order valence-corrected chi connectivity index (χ3v) is 4.32. The molecular weight excluding hydrogens is 399 g/mol. The van der Waals surface area contributed by atoms with E-state index in [4.69, 9.17) is 0 Å². The summed E-state index contributed by atoms with van der Waals surface area (Å²) in [6.07, 6.45) is -17.4. The summed E-state index contributed by atoms with van der Waals surface area (Å²) < 4.78 is 116. The van der Waals surface area contributed by atoms with Gasteiger partial charge in [-0.1, -0.05) is 0 Å². The molecule has 152 valence electrons. The Kier molecular flexibility index (Phi) is 5.03. The quantitative estimate of drug-likeness (QED) is 0.703. The van der Waals surface area contributed by atoms with Crippen molar-refractivity contribution in [2.45, 2.75) is 31.5 Å². The molecule has 13 heteroatoms. The topological polar surface area (TPSA) is 42.3 Å². The molecule has 1 aromatic heterocycles. The van der Waals surface area contributed by atoms with Gasteiger partial charge in [0.05, 0.1) is 5.56 Å². The number of pyridine rings is 1. The smallest absolute Gasteiger partial charge is 0.340 e. The zero-order valence-electron chi connectivity index (χ0n) is 13.2. The molecule has 1 aromatic rings. The molecule has 27 heavy (non-hydrogen) atoms. The van der Waals surface area contributed by atoms with Crippen LogP contribution in [0.15, 0.2) is 23.1 Å². The Morgan fingerprint density at radius 3 is 2.00 bits per heavy atom. The number of carbonyl (C=O) groups excluding carboxylic acids is 1. The number of alkyl halides is 9. The third-order valence-electron chi connectivity index (χ3n) is 4.32. The van der Waals surface area contributed by atoms with E-state index in [9.17, 15) is 49.1 Å². The summed E-state index contributed by atoms with van der Waals surface area (Å²) in [6, 6.07) is 0.938. The van der Waals surface area contributed by atoms with Crippen LogP contribution in [0.1, 0.15) is 12.0 Å². The molecule has 2 rings (SSSR count). The average molecular weight is 410 g/mol.